The van der Waals surface area contributed by atoms with Crippen LogP contribution in [0.15, 0.2) is 24.3 Å². The van der Waals surface area contributed by atoms with Gasteiger partial charge in [0.1, 0.15) is 0 Å². The molecule has 2 rings (SSSR count). The zero-order valence-electron chi connectivity index (χ0n) is 9.70. The van der Waals surface area contributed by atoms with Gasteiger partial charge in [-0.05, 0) is 19.4 Å². The molecule has 1 aromatic carbocycles. The van der Waals surface area contributed by atoms with Crippen LogP contribution in [-0.4, -0.2) is 23.5 Å². The van der Waals surface area contributed by atoms with Gasteiger partial charge in [-0.3, -0.25) is 4.79 Å². The normalized spacial score (nSPS) is 22.7. The van der Waals surface area contributed by atoms with Crippen LogP contribution in [0.25, 0.3) is 0 Å². The third kappa shape index (κ3) is 1.84. The molecule has 0 unspecified atom stereocenters. The summed E-state index contributed by atoms with van der Waals surface area (Å²) in [7, 11) is 0. The largest absolute Gasteiger partial charge is 0.460 e. The van der Waals surface area contributed by atoms with E-state index in [1.54, 1.807) is 32.0 Å². The first-order valence-corrected chi connectivity index (χ1v) is 5.48. The molecule has 1 aromatic rings. The molecule has 0 radical (unpaired) electrons. The number of benzene rings is 1. The Morgan fingerprint density at radius 1 is 1.41 bits per heavy atom. The molecule has 0 heterocycles. The molecule has 1 aliphatic rings. The van der Waals surface area contributed by atoms with Gasteiger partial charge >= 0.3 is 5.97 Å². The molecular formula is C13H13FO3. The summed E-state index contributed by atoms with van der Waals surface area (Å²) in [6.07, 6.45) is -0.667. The molecule has 3 nitrogen and oxygen atoms in total. The van der Waals surface area contributed by atoms with Crippen LogP contribution in [0.2, 0.25) is 0 Å². The van der Waals surface area contributed by atoms with Gasteiger partial charge < -0.3 is 4.74 Å². The second kappa shape index (κ2) is 3.95. The zero-order valence-corrected chi connectivity index (χ0v) is 9.70. The predicted molar refractivity (Wildman–Crippen MR) is 59.5 cm³/mol. The minimum Gasteiger partial charge on any atom is -0.460 e. The monoisotopic (exact) mass is 236 g/mol. The minimum atomic E-state index is -2.55. The summed E-state index contributed by atoms with van der Waals surface area (Å²) in [6, 6.07) is 6.54. The number of hydrogen-bond acceptors (Lipinski definition) is 3. The molecule has 1 aliphatic carbocycles. The second-order valence-electron chi connectivity index (χ2n) is 4.42. The summed E-state index contributed by atoms with van der Waals surface area (Å²) in [6.45, 7) is 3.24. The van der Waals surface area contributed by atoms with Gasteiger partial charge in [0.15, 0.2) is 0 Å². The standard InChI is InChI=1S/C13H13FO3/c1-8(2)17-12(16)13(14)7-9-5-3-4-6-10(9)11(13)15/h3-6,8H,7H2,1-2H3/t13-/m1/s1. The Kier molecular flexibility index (Phi) is 2.73. The number of Topliss-reactive ketones (excluding diaryl/α,β-unsaturated/α-hetero) is 1. The smallest absolute Gasteiger partial charge is 0.352 e. The van der Waals surface area contributed by atoms with Crippen LogP contribution in [0.1, 0.15) is 29.8 Å². The number of esters is 1. The average molecular weight is 236 g/mol. The highest BCUT2D eigenvalue weighted by atomic mass is 19.1. The third-order valence-electron chi connectivity index (χ3n) is 2.72. The number of ether oxygens (including phenoxy) is 1. The number of fused-ring (bicyclic) bond motifs is 1. The van der Waals surface area contributed by atoms with E-state index in [2.05, 4.69) is 0 Å². The summed E-state index contributed by atoms with van der Waals surface area (Å²) < 4.78 is 19.2. The number of hydrogen-bond donors (Lipinski definition) is 0. The predicted octanol–water partition coefficient (Wildman–Crippen LogP) is 2.09. The lowest BCUT2D eigenvalue weighted by atomic mass is 10.0. The summed E-state index contributed by atoms with van der Waals surface area (Å²) in [5.41, 5.74) is -1.72. The molecule has 0 N–H and O–H groups in total. The minimum absolute atomic E-state index is 0.229. The number of rotatable bonds is 2. The van der Waals surface area contributed by atoms with Gasteiger partial charge in [-0.15, -0.1) is 0 Å². The highest BCUT2D eigenvalue weighted by Crippen LogP contribution is 2.34. The van der Waals surface area contributed by atoms with Gasteiger partial charge in [0.05, 0.1) is 6.10 Å². The highest BCUT2D eigenvalue weighted by molar-refractivity contribution is 6.18. The number of ketones is 1. The molecule has 0 spiro atoms. The van der Waals surface area contributed by atoms with Gasteiger partial charge in [-0.1, -0.05) is 24.3 Å². The molecule has 0 aromatic heterocycles. The lowest BCUT2D eigenvalue weighted by Crippen LogP contribution is -2.42. The molecule has 4 heteroatoms. The lowest BCUT2D eigenvalue weighted by molar-refractivity contribution is -0.157. The van der Waals surface area contributed by atoms with E-state index in [-0.39, 0.29) is 12.0 Å². The fourth-order valence-corrected chi connectivity index (χ4v) is 1.92. The van der Waals surface area contributed by atoms with Gasteiger partial charge in [0, 0.05) is 12.0 Å². The fraction of sp³-hybridized carbons (Fsp3) is 0.385. The Morgan fingerprint density at radius 2 is 2.06 bits per heavy atom. The van der Waals surface area contributed by atoms with Crippen LogP contribution >= 0.6 is 0 Å². The molecule has 0 bridgehead atoms. The van der Waals surface area contributed by atoms with Crippen LogP contribution < -0.4 is 0 Å². The van der Waals surface area contributed by atoms with Crippen LogP contribution in [0, 0.1) is 0 Å². The molecule has 90 valence electrons. The van der Waals surface area contributed by atoms with Crippen molar-refractivity contribution >= 4 is 11.8 Å². The van der Waals surface area contributed by atoms with Gasteiger partial charge in [-0.2, -0.15) is 0 Å². The summed E-state index contributed by atoms with van der Waals surface area (Å²) in [5, 5.41) is 0. The van der Waals surface area contributed by atoms with Crippen LogP contribution in [0.3, 0.4) is 0 Å². The van der Waals surface area contributed by atoms with E-state index >= 15 is 0 Å². The SMILES string of the molecule is CC(C)OC(=O)[C@@]1(F)Cc2ccccc2C1=O. The number of carbonyl (C=O) groups is 2. The Balaban J connectivity index is 2.32. The molecule has 0 aliphatic heterocycles. The Labute approximate surface area is 98.6 Å². The van der Waals surface area contributed by atoms with Crippen molar-refractivity contribution in [3.63, 3.8) is 0 Å². The quantitative estimate of drug-likeness (QED) is 0.583. The molecule has 0 amide bonds. The van der Waals surface area contributed by atoms with E-state index in [1.807, 2.05) is 0 Å². The molecule has 1 atom stereocenters. The van der Waals surface area contributed by atoms with Crippen molar-refractivity contribution in [3.05, 3.63) is 35.4 Å². The number of halogens is 1. The Hall–Kier alpha value is -1.71. The highest BCUT2D eigenvalue weighted by Gasteiger charge is 2.53. The summed E-state index contributed by atoms with van der Waals surface area (Å²) >= 11 is 0. The van der Waals surface area contributed by atoms with E-state index < -0.39 is 23.5 Å². The van der Waals surface area contributed by atoms with Crippen molar-refractivity contribution in [2.24, 2.45) is 0 Å². The van der Waals surface area contributed by atoms with E-state index in [1.165, 1.54) is 6.07 Å². The molecule has 0 saturated heterocycles. The maximum absolute atomic E-state index is 14.4. The van der Waals surface area contributed by atoms with Gasteiger partial charge in [0.2, 0.25) is 5.78 Å². The van der Waals surface area contributed by atoms with Crippen molar-refractivity contribution < 1.29 is 18.7 Å². The first-order chi connectivity index (χ1) is 7.95. The van der Waals surface area contributed by atoms with E-state index in [9.17, 15) is 14.0 Å². The Morgan fingerprint density at radius 3 is 2.65 bits per heavy atom. The Bertz CT molecular complexity index is 481. The first-order valence-electron chi connectivity index (χ1n) is 5.48. The molecular weight excluding hydrogens is 223 g/mol. The van der Waals surface area contributed by atoms with Crippen molar-refractivity contribution in [1.82, 2.24) is 0 Å². The van der Waals surface area contributed by atoms with Crippen molar-refractivity contribution in [2.75, 3.05) is 0 Å². The maximum Gasteiger partial charge on any atom is 0.352 e. The van der Waals surface area contributed by atoms with Gasteiger partial charge in [0.25, 0.3) is 5.67 Å². The van der Waals surface area contributed by atoms with Crippen LogP contribution in [0.5, 0.6) is 0 Å². The van der Waals surface area contributed by atoms with Crippen LogP contribution in [0.4, 0.5) is 4.39 Å². The van der Waals surface area contributed by atoms with Gasteiger partial charge in [-0.25, -0.2) is 9.18 Å². The van der Waals surface area contributed by atoms with Crippen molar-refractivity contribution in [3.8, 4) is 0 Å². The van der Waals surface area contributed by atoms with E-state index in [4.69, 9.17) is 4.74 Å². The van der Waals surface area contributed by atoms with Crippen molar-refractivity contribution in [2.45, 2.75) is 32.0 Å². The third-order valence-corrected chi connectivity index (χ3v) is 2.72. The number of carbonyl (C=O) groups excluding carboxylic acids is 2. The maximum atomic E-state index is 14.4. The zero-order chi connectivity index (χ0) is 12.6. The number of alkyl halides is 1. The summed E-state index contributed by atoms with van der Waals surface area (Å²) in [5.74, 6) is -1.88. The van der Waals surface area contributed by atoms with Crippen LogP contribution in [-0.2, 0) is 16.0 Å². The molecule has 17 heavy (non-hydrogen) atoms. The lowest BCUT2D eigenvalue weighted by Gasteiger charge is -2.17. The average Bonchev–Trinajstić information content (AvgIpc) is 2.52. The summed E-state index contributed by atoms with van der Waals surface area (Å²) in [4.78, 5) is 23.5. The van der Waals surface area contributed by atoms with Crippen molar-refractivity contribution in [1.29, 1.82) is 0 Å². The van der Waals surface area contributed by atoms with E-state index in [0.29, 0.717) is 5.56 Å². The first kappa shape index (κ1) is 11.8. The molecule has 0 saturated carbocycles. The molecule has 0 fully saturated rings. The fourth-order valence-electron chi connectivity index (χ4n) is 1.92. The topological polar surface area (TPSA) is 43.4 Å². The second-order valence-corrected chi connectivity index (χ2v) is 4.42. The van der Waals surface area contributed by atoms with E-state index in [0.717, 1.165) is 0 Å².